The summed E-state index contributed by atoms with van der Waals surface area (Å²) in [7, 11) is 0. The van der Waals surface area contributed by atoms with E-state index in [1.165, 1.54) is 0 Å². The van der Waals surface area contributed by atoms with Gasteiger partial charge in [0.15, 0.2) is 0 Å². The number of nitrogens with one attached hydrogen (secondary N) is 2. The molecule has 7 nitrogen and oxygen atoms in total. The molecule has 2 N–H and O–H groups in total. The molecule has 1 saturated heterocycles. The lowest BCUT2D eigenvalue weighted by Gasteiger charge is -2.37. The molecule has 0 aromatic heterocycles. The molecular weight excluding hydrogens is 412 g/mol. The van der Waals surface area contributed by atoms with E-state index in [4.69, 9.17) is 0 Å². The molecule has 2 aliphatic rings. The minimum Gasteiger partial charge on any atom is -0.352 e. The van der Waals surface area contributed by atoms with Crippen LogP contribution < -0.4 is 10.6 Å². The monoisotopic (exact) mass is 436 g/mol. The van der Waals surface area contributed by atoms with Crippen LogP contribution in [0.3, 0.4) is 0 Å². The van der Waals surface area contributed by atoms with Gasteiger partial charge in [0.2, 0.25) is 11.8 Å². The highest BCUT2D eigenvalue weighted by atomic mass is 79.9. The minimum absolute atomic E-state index is 0.0247. The Morgan fingerprint density at radius 3 is 2.52 bits per heavy atom. The number of halogens is 1. The summed E-state index contributed by atoms with van der Waals surface area (Å²) in [5.74, 6) is -0.305. The molecule has 27 heavy (non-hydrogen) atoms. The van der Waals surface area contributed by atoms with E-state index < -0.39 is 0 Å². The number of carbonyl (C=O) groups excluding carboxylic acids is 3. The summed E-state index contributed by atoms with van der Waals surface area (Å²) in [5.41, 5.74) is 0.512. The fourth-order valence-electron chi connectivity index (χ4n) is 3.07. The molecule has 0 radical (unpaired) electrons. The van der Waals surface area contributed by atoms with Crippen molar-refractivity contribution in [1.29, 1.82) is 0 Å². The van der Waals surface area contributed by atoms with Gasteiger partial charge in [-0.1, -0.05) is 22.0 Å². The van der Waals surface area contributed by atoms with Crippen molar-refractivity contribution >= 4 is 33.7 Å². The predicted octanol–water partition coefficient (Wildman–Crippen LogP) is 0.990. The van der Waals surface area contributed by atoms with Crippen LogP contribution in [-0.4, -0.2) is 72.3 Å². The molecule has 1 aliphatic heterocycles. The first kappa shape index (κ1) is 19.8. The van der Waals surface area contributed by atoms with Crippen molar-refractivity contribution in [3.8, 4) is 0 Å². The van der Waals surface area contributed by atoms with Crippen LogP contribution in [0.1, 0.15) is 30.1 Å². The number of nitrogens with zero attached hydrogens (tertiary/aromatic N) is 2. The summed E-state index contributed by atoms with van der Waals surface area (Å²) in [6, 6.07) is 7.22. The lowest BCUT2D eigenvalue weighted by Crippen LogP contribution is -2.56. The Morgan fingerprint density at radius 1 is 1.19 bits per heavy atom. The Labute approximate surface area is 167 Å². The summed E-state index contributed by atoms with van der Waals surface area (Å²) in [5, 5.41) is 5.70. The van der Waals surface area contributed by atoms with Gasteiger partial charge in [0.25, 0.3) is 5.91 Å². The van der Waals surface area contributed by atoms with Crippen molar-refractivity contribution in [1.82, 2.24) is 20.4 Å². The van der Waals surface area contributed by atoms with Gasteiger partial charge in [0.05, 0.1) is 12.6 Å². The zero-order valence-corrected chi connectivity index (χ0v) is 17.0. The van der Waals surface area contributed by atoms with E-state index in [0.29, 0.717) is 37.8 Å². The van der Waals surface area contributed by atoms with Gasteiger partial charge in [0, 0.05) is 42.3 Å². The molecule has 146 valence electrons. The first-order valence-electron chi connectivity index (χ1n) is 9.30. The summed E-state index contributed by atoms with van der Waals surface area (Å²) < 4.78 is 0.817. The van der Waals surface area contributed by atoms with Crippen molar-refractivity contribution in [2.24, 2.45) is 0 Å². The highest BCUT2D eigenvalue weighted by Gasteiger charge is 2.30. The average molecular weight is 437 g/mol. The van der Waals surface area contributed by atoms with E-state index in [1.807, 2.05) is 13.0 Å². The van der Waals surface area contributed by atoms with Crippen molar-refractivity contribution in [2.45, 2.75) is 31.8 Å². The van der Waals surface area contributed by atoms with Crippen LogP contribution in [-0.2, 0) is 9.59 Å². The Hall–Kier alpha value is -1.93. The summed E-state index contributed by atoms with van der Waals surface area (Å²) in [6.45, 7) is 4.32. The van der Waals surface area contributed by atoms with Crippen molar-refractivity contribution in [3.05, 3.63) is 34.3 Å². The largest absolute Gasteiger partial charge is 0.352 e. The zero-order valence-electron chi connectivity index (χ0n) is 15.4. The molecule has 2 fully saturated rings. The number of piperazine rings is 1. The maximum atomic E-state index is 12.4. The van der Waals surface area contributed by atoms with Crippen molar-refractivity contribution in [3.63, 3.8) is 0 Å². The van der Waals surface area contributed by atoms with Crippen LogP contribution in [0.25, 0.3) is 0 Å². The lowest BCUT2D eigenvalue weighted by atomic mass is 10.2. The van der Waals surface area contributed by atoms with E-state index in [9.17, 15) is 14.4 Å². The van der Waals surface area contributed by atoms with Gasteiger partial charge in [0.1, 0.15) is 0 Å². The van der Waals surface area contributed by atoms with Gasteiger partial charge >= 0.3 is 0 Å². The van der Waals surface area contributed by atoms with Crippen LogP contribution in [0.5, 0.6) is 0 Å². The first-order chi connectivity index (χ1) is 12.9. The smallest absolute Gasteiger partial charge is 0.251 e. The summed E-state index contributed by atoms with van der Waals surface area (Å²) in [4.78, 5) is 40.5. The topological polar surface area (TPSA) is 81.8 Å². The van der Waals surface area contributed by atoms with E-state index in [0.717, 1.165) is 17.3 Å². The maximum Gasteiger partial charge on any atom is 0.251 e. The van der Waals surface area contributed by atoms with Gasteiger partial charge < -0.3 is 15.5 Å². The standard InChI is InChI=1S/C19H25BrN4O3/c1-13(18(26)22-16-5-6-16)23-7-9-24(10-8-23)17(25)12-21-19(27)14-3-2-4-15(20)11-14/h2-4,11,13,16H,5-10,12H2,1H3,(H,21,27)(H,22,26). The minimum atomic E-state index is -0.270. The Bertz CT molecular complexity index is 715. The molecule has 1 aromatic carbocycles. The van der Waals surface area contributed by atoms with Crippen LogP contribution in [0.15, 0.2) is 28.7 Å². The third kappa shape index (κ3) is 5.52. The highest BCUT2D eigenvalue weighted by molar-refractivity contribution is 9.10. The summed E-state index contributed by atoms with van der Waals surface area (Å²) in [6.07, 6.45) is 2.15. The third-order valence-electron chi connectivity index (χ3n) is 5.00. The molecule has 3 amide bonds. The first-order valence-corrected chi connectivity index (χ1v) is 10.1. The fraction of sp³-hybridized carbons (Fsp3) is 0.526. The number of rotatable bonds is 6. The molecule has 1 aromatic rings. The van der Waals surface area contributed by atoms with Gasteiger partial charge in [-0.3, -0.25) is 19.3 Å². The lowest BCUT2D eigenvalue weighted by molar-refractivity contribution is -0.133. The zero-order chi connectivity index (χ0) is 19.4. The molecule has 1 aliphatic carbocycles. The molecule has 1 heterocycles. The second-order valence-corrected chi connectivity index (χ2v) is 7.98. The molecule has 1 saturated carbocycles. The van der Waals surface area contributed by atoms with Crippen molar-refractivity contribution in [2.75, 3.05) is 32.7 Å². The van der Waals surface area contributed by atoms with Gasteiger partial charge in [-0.05, 0) is 38.0 Å². The number of hydrogen-bond acceptors (Lipinski definition) is 4. The molecule has 1 atom stereocenters. The van der Waals surface area contributed by atoms with Gasteiger partial charge in [-0.15, -0.1) is 0 Å². The van der Waals surface area contributed by atoms with E-state index in [-0.39, 0.29) is 30.3 Å². The molecule has 8 heteroatoms. The second kappa shape index (κ2) is 8.84. The van der Waals surface area contributed by atoms with Crippen LogP contribution in [0, 0.1) is 0 Å². The van der Waals surface area contributed by atoms with Gasteiger partial charge in [-0.25, -0.2) is 0 Å². The Morgan fingerprint density at radius 2 is 1.89 bits per heavy atom. The molecule has 1 unspecified atom stereocenters. The number of amides is 3. The Kier molecular flexibility index (Phi) is 6.49. The number of carbonyl (C=O) groups is 3. The second-order valence-electron chi connectivity index (χ2n) is 7.07. The Balaban J connectivity index is 1.41. The molecular formula is C19H25BrN4O3. The molecule has 0 bridgehead atoms. The SMILES string of the molecule is CC(C(=O)NC1CC1)N1CCN(C(=O)CNC(=O)c2cccc(Br)c2)CC1. The maximum absolute atomic E-state index is 12.4. The van der Waals surface area contributed by atoms with E-state index >= 15 is 0 Å². The van der Waals surface area contributed by atoms with Gasteiger partial charge in [-0.2, -0.15) is 0 Å². The normalized spacial score (nSPS) is 18.7. The number of hydrogen-bond donors (Lipinski definition) is 2. The third-order valence-corrected chi connectivity index (χ3v) is 5.50. The van der Waals surface area contributed by atoms with Crippen LogP contribution >= 0.6 is 15.9 Å². The fourth-order valence-corrected chi connectivity index (χ4v) is 3.47. The average Bonchev–Trinajstić information content (AvgIpc) is 3.49. The summed E-state index contributed by atoms with van der Waals surface area (Å²) >= 11 is 3.33. The number of benzene rings is 1. The quantitative estimate of drug-likeness (QED) is 0.696. The van der Waals surface area contributed by atoms with E-state index in [2.05, 4.69) is 31.5 Å². The van der Waals surface area contributed by atoms with Crippen molar-refractivity contribution < 1.29 is 14.4 Å². The van der Waals surface area contributed by atoms with Crippen LogP contribution in [0.2, 0.25) is 0 Å². The van der Waals surface area contributed by atoms with E-state index in [1.54, 1.807) is 23.1 Å². The highest BCUT2D eigenvalue weighted by Crippen LogP contribution is 2.19. The molecule has 0 spiro atoms. The molecule has 3 rings (SSSR count). The van der Waals surface area contributed by atoms with Crippen LogP contribution in [0.4, 0.5) is 0 Å². The predicted molar refractivity (Wildman–Crippen MR) is 105 cm³/mol.